The number of amides is 1. The van der Waals surface area contributed by atoms with E-state index in [1.165, 1.54) is 0 Å². The summed E-state index contributed by atoms with van der Waals surface area (Å²) >= 11 is 0. The Kier molecular flexibility index (Phi) is 5.57. The van der Waals surface area contributed by atoms with Gasteiger partial charge in [-0.1, -0.05) is 6.92 Å². The lowest BCUT2D eigenvalue weighted by Gasteiger charge is -2.22. The predicted molar refractivity (Wildman–Crippen MR) is 71.7 cm³/mol. The van der Waals surface area contributed by atoms with Gasteiger partial charge >= 0.3 is 0 Å². The van der Waals surface area contributed by atoms with E-state index in [1.54, 1.807) is 26.2 Å². The zero-order valence-electron chi connectivity index (χ0n) is 12.0. The summed E-state index contributed by atoms with van der Waals surface area (Å²) in [6.07, 6.45) is 0.657. The van der Waals surface area contributed by atoms with Crippen LogP contribution in [0, 0.1) is 12.8 Å². The van der Waals surface area contributed by atoms with Gasteiger partial charge in [0, 0.05) is 19.6 Å². The standard InChI is InChI=1S/C14H23NO4/c1-10(7-8-18-4)13(16)15-9-14(3,17)12-6-5-11(2)19-12/h5-6,10,17H,7-9H2,1-4H3,(H,15,16). The molecule has 0 saturated carbocycles. The Balaban J connectivity index is 2.49. The molecule has 0 aliphatic heterocycles. The number of methoxy groups -OCH3 is 1. The molecule has 2 unspecified atom stereocenters. The highest BCUT2D eigenvalue weighted by molar-refractivity contribution is 5.78. The molecule has 19 heavy (non-hydrogen) atoms. The number of aryl methyl sites for hydroxylation is 1. The molecule has 0 bridgehead atoms. The molecule has 0 aliphatic rings. The second-order valence-corrected chi connectivity index (χ2v) is 5.08. The van der Waals surface area contributed by atoms with Crippen LogP contribution in [0.3, 0.4) is 0 Å². The van der Waals surface area contributed by atoms with Crippen LogP contribution in [0.2, 0.25) is 0 Å². The fourth-order valence-electron chi connectivity index (χ4n) is 1.67. The lowest BCUT2D eigenvalue weighted by molar-refractivity contribution is -0.126. The molecule has 2 N–H and O–H groups in total. The highest BCUT2D eigenvalue weighted by atomic mass is 16.5. The van der Waals surface area contributed by atoms with Gasteiger partial charge in [0.15, 0.2) is 0 Å². The Morgan fingerprint density at radius 2 is 2.26 bits per heavy atom. The maximum Gasteiger partial charge on any atom is 0.223 e. The first-order valence-corrected chi connectivity index (χ1v) is 6.42. The highest BCUT2D eigenvalue weighted by Gasteiger charge is 2.28. The fourth-order valence-corrected chi connectivity index (χ4v) is 1.67. The van der Waals surface area contributed by atoms with Crippen LogP contribution >= 0.6 is 0 Å². The Labute approximate surface area is 113 Å². The van der Waals surface area contributed by atoms with Crippen molar-refractivity contribution in [2.24, 2.45) is 5.92 Å². The van der Waals surface area contributed by atoms with Gasteiger partial charge < -0.3 is 19.6 Å². The average Bonchev–Trinajstić information content (AvgIpc) is 2.80. The van der Waals surface area contributed by atoms with Crippen LogP contribution in [0.1, 0.15) is 31.8 Å². The number of hydrogen-bond donors (Lipinski definition) is 2. The van der Waals surface area contributed by atoms with Gasteiger partial charge in [-0.25, -0.2) is 0 Å². The van der Waals surface area contributed by atoms with Crippen molar-refractivity contribution in [1.29, 1.82) is 0 Å². The van der Waals surface area contributed by atoms with Crippen LogP contribution in [0.5, 0.6) is 0 Å². The van der Waals surface area contributed by atoms with Gasteiger partial charge in [-0.05, 0) is 32.4 Å². The second kappa shape index (κ2) is 6.73. The average molecular weight is 269 g/mol. The molecule has 0 aromatic carbocycles. The monoisotopic (exact) mass is 269 g/mol. The van der Waals surface area contributed by atoms with Gasteiger partial charge in [-0.15, -0.1) is 0 Å². The number of carbonyl (C=O) groups is 1. The first-order valence-electron chi connectivity index (χ1n) is 6.42. The van der Waals surface area contributed by atoms with Crippen molar-refractivity contribution in [1.82, 2.24) is 5.32 Å². The topological polar surface area (TPSA) is 71.7 Å². The van der Waals surface area contributed by atoms with Crippen molar-refractivity contribution in [2.75, 3.05) is 20.3 Å². The summed E-state index contributed by atoms with van der Waals surface area (Å²) in [5.41, 5.74) is -1.20. The second-order valence-electron chi connectivity index (χ2n) is 5.08. The molecule has 108 valence electrons. The fraction of sp³-hybridized carbons (Fsp3) is 0.643. The predicted octanol–water partition coefficient (Wildman–Crippen LogP) is 1.58. The Morgan fingerprint density at radius 3 is 2.79 bits per heavy atom. The van der Waals surface area contributed by atoms with Gasteiger partial charge in [0.05, 0.1) is 6.54 Å². The Bertz CT molecular complexity index is 411. The van der Waals surface area contributed by atoms with Gasteiger partial charge in [0.2, 0.25) is 5.91 Å². The number of carbonyl (C=O) groups excluding carboxylic acids is 1. The van der Waals surface area contributed by atoms with Crippen molar-refractivity contribution in [3.8, 4) is 0 Å². The van der Waals surface area contributed by atoms with Crippen LogP contribution < -0.4 is 5.32 Å². The Morgan fingerprint density at radius 1 is 1.58 bits per heavy atom. The van der Waals surface area contributed by atoms with Crippen LogP contribution in [-0.2, 0) is 15.1 Å². The smallest absolute Gasteiger partial charge is 0.223 e. The number of hydrogen-bond acceptors (Lipinski definition) is 4. The minimum absolute atomic E-state index is 0.0967. The summed E-state index contributed by atoms with van der Waals surface area (Å²) in [6, 6.07) is 3.50. The van der Waals surface area contributed by atoms with Crippen LogP contribution in [0.4, 0.5) is 0 Å². The molecule has 1 aromatic heterocycles. The van der Waals surface area contributed by atoms with Gasteiger partial charge in [0.1, 0.15) is 17.1 Å². The molecule has 1 aromatic rings. The maximum absolute atomic E-state index is 11.8. The number of rotatable bonds is 7. The minimum Gasteiger partial charge on any atom is -0.463 e. The molecule has 5 nitrogen and oxygen atoms in total. The van der Waals surface area contributed by atoms with E-state index in [9.17, 15) is 9.90 Å². The summed E-state index contributed by atoms with van der Waals surface area (Å²) < 4.78 is 10.3. The largest absolute Gasteiger partial charge is 0.463 e. The van der Waals surface area contributed by atoms with Crippen molar-refractivity contribution < 1.29 is 19.1 Å². The van der Waals surface area contributed by atoms with E-state index in [0.29, 0.717) is 18.8 Å². The summed E-state index contributed by atoms with van der Waals surface area (Å²) in [7, 11) is 1.61. The molecule has 0 fully saturated rings. The van der Waals surface area contributed by atoms with Crippen LogP contribution in [0.15, 0.2) is 16.5 Å². The third-order valence-corrected chi connectivity index (χ3v) is 3.08. The van der Waals surface area contributed by atoms with E-state index in [4.69, 9.17) is 9.15 Å². The van der Waals surface area contributed by atoms with E-state index in [0.717, 1.165) is 5.76 Å². The first-order chi connectivity index (χ1) is 8.86. The molecular weight excluding hydrogens is 246 g/mol. The third kappa shape index (κ3) is 4.69. The number of nitrogens with one attached hydrogen (secondary N) is 1. The third-order valence-electron chi connectivity index (χ3n) is 3.08. The summed E-state index contributed by atoms with van der Waals surface area (Å²) in [5, 5.41) is 13.0. The number of ether oxygens (including phenoxy) is 1. The number of furan rings is 1. The zero-order chi connectivity index (χ0) is 14.5. The van der Waals surface area contributed by atoms with Crippen molar-refractivity contribution in [3.63, 3.8) is 0 Å². The first kappa shape index (κ1) is 15.7. The van der Waals surface area contributed by atoms with Crippen molar-refractivity contribution >= 4 is 5.91 Å². The summed E-state index contributed by atoms with van der Waals surface area (Å²) in [4.78, 5) is 11.8. The Hall–Kier alpha value is -1.33. The maximum atomic E-state index is 11.8. The van der Waals surface area contributed by atoms with E-state index in [-0.39, 0.29) is 18.4 Å². The van der Waals surface area contributed by atoms with E-state index in [1.807, 2.05) is 13.8 Å². The van der Waals surface area contributed by atoms with Crippen molar-refractivity contribution in [2.45, 2.75) is 32.8 Å². The summed E-state index contributed by atoms with van der Waals surface area (Å²) in [6.45, 7) is 5.93. The van der Waals surface area contributed by atoms with Gasteiger partial charge in [-0.2, -0.15) is 0 Å². The SMILES string of the molecule is COCCC(C)C(=O)NCC(C)(O)c1ccc(C)o1. The summed E-state index contributed by atoms with van der Waals surface area (Å²) in [5.74, 6) is 0.944. The zero-order valence-corrected chi connectivity index (χ0v) is 12.0. The lowest BCUT2D eigenvalue weighted by atomic mass is 10.0. The molecule has 1 rings (SSSR count). The van der Waals surface area contributed by atoms with E-state index in [2.05, 4.69) is 5.32 Å². The quantitative estimate of drug-likeness (QED) is 0.788. The molecule has 5 heteroatoms. The molecule has 0 saturated heterocycles. The van der Waals surface area contributed by atoms with E-state index < -0.39 is 5.60 Å². The van der Waals surface area contributed by atoms with Crippen LogP contribution in [-0.4, -0.2) is 31.3 Å². The minimum atomic E-state index is -1.20. The molecule has 0 spiro atoms. The molecule has 2 atom stereocenters. The molecule has 1 heterocycles. The lowest BCUT2D eigenvalue weighted by Crippen LogP contribution is -2.40. The van der Waals surface area contributed by atoms with Crippen molar-refractivity contribution in [3.05, 3.63) is 23.7 Å². The molecule has 0 radical (unpaired) electrons. The van der Waals surface area contributed by atoms with Crippen LogP contribution in [0.25, 0.3) is 0 Å². The molecular formula is C14H23NO4. The van der Waals surface area contributed by atoms with Gasteiger partial charge in [0.25, 0.3) is 0 Å². The van der Waals surface area contributed by atoms with E-state index >= 15 is 0 Å². The van der Waals surface area contributed by atoms with Gasteiger partial charge in [-0.3, -0.25) is 4.79 Å². The molecule has 1 amide bonds. The highest BCUT2D eigenvalue weighted by Crippen LogP contribution is 2.22. The molecule has 0 aliphatic carbocycles. The number of aliphatic hydroxyl groups is 1. The normalized spacial score (nSPS) is 15.8.